The van der Waals surface area contributed by atoms with Gasteiger partial charge in [0.2, 0.25) is 5.91 Å². The number of aromatic nitrogens is 1. The van der Waals surface area contributed by atoms with Crippen LogP contribution in [0.3, 0.4) is 0 Å². The largest absolute Gasteiger partial charge is 0.352 e. The van der Waals surface area contributed by atoms with E-state index in [0.717, 1.165) is 31.6 Å². The van der Waals surface area contributed by atoms with Gasteiger partial charge in [0.1, 0.15) is 5.01 Å². The summed E-state index contributed by atoms with van der Waals surface area (Å²) >= 11 is 7.76. The molecule has 28 heavy (non-hydrogen) atoms. The van der Waals surface area contributed by atoms with Gasteiger partial charge in [0.25, 0.3) is 0 Å². The number of nitrogens with one attached hydrogen (secondary N) is 1. The highest BCUT2D eigenvalue weighted by molar-refractivity contribution is 7.09. The van der Waals surface area contributed by atoms with Gasteiger partial charge in [-0.25, -0.2) is 4.98 Å². The third kappa shape index (κ3) is 6.57. The van der Waals surface area contributed by atoms with Crippen LogP contribution >= 0.6 is 22.9 Å². The van der Waals surface area contributed by atoms with Crippen LogP contribution < -0.4 is 5.32 Å². The molecule has 2 heterocycles. The van der Waals surface area contributed by atoms with Crippen LogP contribution in [0.15, 0.2) is 29.6 Å². The van der Waals surface area contributed by atoms with E-state index in [9.17, 15) is 4.79 Å². The number of carbonyl (C=O) groups is 1. The number of rotatable bonds is 8. The first kappa shape index (κ1) is 21.3. The van der Waals surface area contributed by atoms with Crippen molar-refractivity contribution in [3.8, 4) is 0 Å². The SMILES string of the molecule is CC(C)c1csc(CN2CCC(CCC(=O)NCc3cccc(Cl)c3)CC2)n1. The van der Waals surface area contributed by atoms with Crippen LogP contribution in [0.25, 0.3) is 0 Å². The zero-order chi connectivity index (χ0) is 19.9. The quantitative estimate of drug-likeness (QED) is 0.637. The van der Waals surface area contributed by atoms with Crippen LogP contribution in [0.2, 0.25) is 5.02 Å². The number of hydrogen-bond donors (Lipinski definition) is 1. The minimum atomic E-state index is 0.131. The number of halogens is 1. The van der Waals surface area contributed by atoms with Crippen molar-refractivity contribution in [3.63, 3.8) is 0 Å². The van der Waals surface area contributed by atoms with Crippen molar-refractivity contribution in [1.29, 1.82) is 0 Å². The van der Waals surface area contributed by atoms with Gasteiger partial charge in [-0.3, -0.25) is 9.69 Å². The molecule has 0 unspecified atom stereocenters. The highest BCUT2D eigenvalue weighted by atomic mass is 35.5. The van der Waals surface area contributed by atoms with Crippen molar-refractivity contribution in [2.24, 2.45) is 5.92 Å². The van der Waals surface area contributed by atoms with Gasteiger partial charge in [0.05, 0.1) is 12.2 Å². The number of amides is 1. The molecule has 6 heteroatoms. The third-order valence-corrected chi connectivity index (χ3v) is 6.47. The lowest BCUT2D eigenvalue weighted by molar-refractivity contribution is -0.121. The smallest absolute Gasteiger partial charge is 0.220 e. The molecule has 1 N–H and O–H groups in total. The van der Waals surface area contributed by atoms with E-state index in [1.165, 1.54) is 23.5 Å². The van der Waals surface area contributed by atoms with Gasteiger partial charge in [-0.2, -0.15) is 0 Å². The van der Waals surface area contributed by atoms with Crippen LogP contribution in [-0.4, -0.2) is 28.9 Å². The maximum Gasteiger partial charge on any atom is 0.220 e. The average Bonchev–Trinajstić information content (AvgIpc) is 3.15. The Labute approximate surface area is 177 Å². The fourth-order valence-electron chi connectivity index (χ4n) is 3.56. The summed E-state index contributed by atoms with van der Waals surface area (Å²) < 4.78 is 0. The summed E-state index contributed by atoms with van der Waals surface area (Å²) in [6.45, 7) is 8.09. The fourth-order valence-corrected chi connectivity index (χ4v) is 4.77. The zero-order valence-corrected chi connectivity index (χ0v) is 18.4. The molecule has 0 spiro atoms. The molecule has 1 fully saturated rings. The molecule has 1 aromatic carbocycles. The van der Waals surface area contributed by atoms with E-state index in [0.29, 0.717) is 29.8 Å². The Morgan fingerprint density at radius 3 is 2.82 bits per heavy atom. The fraction of sp³-hybridized carbons (Fsp3) is 0.545. The third-order valence-electron chi connectivity index (χ3n) is 5.39. The lowest BCUT2D eigenvalue weighted by atomic mass is 9.92. The number of benzene rings is 1. The Bertz CT molecular complexity index is 769. The molecule has 1 amide bonds. The molecular weight excluding hydrogens is 390 g/mol. The molecule has 1 aliphatic heterocycles. The van der Waals surface area contributed by atoms with E-state index < -0.39 is 0 Å². The van der Waals surface area contributed by atoms with E-state index in [4.69, 9.17) is 16.6 Å². The van der Waals surface area contributed by atoms with Gasteiger partial charge < -0.3 is 5.32 Å². The first-order chi connectivity index (χ1) is 13.5. The summed E-state index contributed by atoms with van der Waals surface area (Å²) in [5, 5.41) is 7.12. The molecule has 152 valence electrons. The maximum absolute atomic E-state index is 12.1. The lowest BCUT2D eigenvalue weighted by Crippen LogP contribution is -2.33. The Morgan fingerprint density at radius 1 is 1.36 bits per heavy atom. The van der Waals surface area contributed by atoms with Crippen LogP contribution in [0.5, 0.6) is 0 Å². The number of thiazole rings is 1. The van der Waals surface area contributed by atoms with E-state index in [2.05, 4.69) is 29.4 Å². The van der Waals surface area contributed by atoms with Crippen LogP contribution in [-0.2, 0) is 17.9 Å². The van der Waals surface area contributed by atoms with Crippen molar-refractivity contribution < 1.29 is 4.79 Å². The summed E-state index contributed by atoms with van der Waals surface area (Å²) in [5.74, 6) is 1.28. The minimum absolute atomic E-state index is 0.131. The predicted molar refractivity (Wildman–Crippen MR) is 117 cm³/mol. The Balaban J connectivity index is 1.33. The Morgan fingerprint density at radius 2 is 2.14 bits per heavy atom. The highest BCUT2D eigenvalue weighted by Gasteiger charge is 2.21. The van der Waals surface area contributed by atoms with Gasteiger partial charge >= 0.3 is 0 Å². The van der Waals surface area contributed by atoms with Crippen LogP contribution in [0.1, 0.15) is 61.7 Å². The molecule has 1 aliphatic rings. The number of likely N-dealkylation sites (tertiary alicyclic amines) is 1. The van der Waals surface area contributed by atoms with Gasteiger partial charge in [0.15, 0.2) is 0 Å². The molecule has 1 saturated heterocycles. The zero-order valence-electron chi connectivity index (χ0n) is 16.8. The van der Waals surface area contributed by atoms with Gasteiger partial charge in [-0.1, -0.05) is 37.6 Å². The van der Waals surface area contributed by atoms with E-state index in [1.807, 2.05) is 24.3 Å². The van der Waals surface area contributed by atoms with Crippen LogP contribution in [0.4, 0.5) is 0 Å². The summed E-state index contributed by atoms with van der Waals surface area (Å²) in [5.41, 5.74) is 2.25. The molecule has 4 nitrogen and oxygen atoms in total. The minimum Gasteiger partial charge on any atom is -0.352 e. The number of hydrogen-bond acceptors (Lipinski definition) is 4. The summed E-state index contributed by atoms with van der Waals surface area (Å²) in [6.07, 6.45) is 3.92. The predicted octanol–water partition coefficient (Wildman–Crippen LogP) is 5.23. The molecule has 0 radical (unpaired) electrons. The van der Waals surface area contributed by atoms with Crippen molar-refractivity contribution >= 4 is 28.8 Å². The summed E-state index contributed by atoms with van der Waals surface area (Å²) in [6, 6.07) is 7.63. The standard InChI is InChI=1S/C22H30ClN3OS/c1-16(2)20-15-28-22(25-20)14-26-10-8-17(9-11-26)6-7-21(27)24-13-18-4-3-5-19(23)12-18/h3-5,12,15-17H,6-11,13-14H2,1-2H3,(H,24,27). The van der Waals surface area contributed by atoms with E-state index in [-0.39, 0.29) is 5.91 Å². The number of nitrogens with zero attached hydrogens (tertiary/aromatic N) is 2. The molecule has 1 aromatic heterocycles. The van der Waals surface area contributed by atoms with Crippen molar-refractivity contribution in [2.75, 3.05) is 13.1 Å². The van der Waals surface area contributed by atoms with Crippen molar-refractivity contribution in [3.05, 3.63) is 50.9 Å². The second-order valence-electron chi connectivity index (χ2n) is 7.99. The van der Waals surface area contributed by atoms with Gasteiger partial charge in [-0.05, 0) is 61.9 Å². The second-order valence-corrected chi connectivity index (χ2v) is 9.36. The van der Waals surface area contributed by atoms with Gasteiger partial charge in [0, 0.05) is 23.4 Å². The number of carbonyl (C=O) groups excluding carboxylic acids is 1. The normalized spacial score (nSPS) is 15.9. The first-order valence-corrected chi connectivity index (χ1v) is 11.4. The molecule has 0 bridgehead atoms. The van der Waals surface area contributed by atoms with Crippen molar-refractivity contribution in [1.82, 2.24) is 15.2 Å². The molecule has 0 atom stereocenters. The second kappa shape index (κ2) is 10.4. The molecule has 2 aromatic rings. The Hall–Kier alpha value is -1.43. The van der Waals surface area contributed by atoms with E-state index >= 15 is 0 Å². The molecule has 0 aliphatic carbocycles. The summed E-state index contributed by atoms with van der Waals surface area (Å²) in [7, 11) is 0. The van der Waals surface area contributed by atoms with Gasteiger partial charge in [-0.15, -0.1) is 11.3 Å². The lowest BCUT2D eigenvalue weighted by Gasteiger charge is -2.31. The number of piperidine rings is 1. The van der Waals surface area contributed by atoms with Crippen molar-refractivity contribution in [2.45, 2.75) is 58.5 Å². The summed E-state index contributed by atoms with van der Waals surface area (Å²) in [4.78, 5) is 19.4. The molecular formula is C22H30ClN3OS. The topological polar surface area (TPSA) is 45.2 Å². The Kier molecular flexibility index (Phi) is 7.89. The van der Waals surface area contributed by atoms with Crippen LogP contribution in [0, 0.1) is 5.92 Å². The maximum atomic E-state index is 12.1. The molecule has 0 saturated carbocycles. The van der Waals surface area contributed by atoms with E-state index in [1.54, 1.807) is 11.3 Å². The molecule has 3 rings (SSSR count). The first-order valence-electron chi connectivity index (χ1n) is 10.2. The monoisotopic (exact) mass is 419 g/mol. The highest BCUT2D eigenvalue weighted by Crippen LogP contribution is 2.25. The average molecular weight is 420 g/mol.